The van der Waals surface area contributed by atoms with Gasteiger partial charge in [-0.2, -0.15) is 5.26 Å². The third-order valence-corrected chi connectivity index (χ3v) is 10.7. The molecule has 33 heavy (non-hydrogen) atoms. The van der Waals surface area contributed by atoms with Crippen molar-refractivity contribution in [3.63, 3.8) is 0 Å². The van der Waals surface area contributed by atoms with E-state index in [2.05, 4.69) is 62.1 Å². The van der Waals surface area contributed by atoms with Crippen LogP contribution in [0.3, 0.4) is 0 Å². The van der Waals surface area contributed by atoms with Crippen LogP contribution in [0.25, 0.3) is 0 Å². The molecule has 0 spiro atoms. The minimum absolute atomic E-state index is 0.0507. The minimum Gasteiger partial charge on any atom is -0.462 e. The van der Waals surface area contributed by atoms with Crippen molar-refractivity contribution in [3.05, 3.63) is 41.5 Å². The van der Waals surface area contributed by atoms with E-state index in [1.807, 2.05) is 0 Å². The van der Waals surface area contributed by atoms with Gasteiger partial charge >= 0.3 is 5.97 Å². The lowest BCUT2D eigenvalue weighted by atomic mass is 9.47. The molecule has 1 aromatic carbocycles. The van der Waals surface area contributed by atoms with E-state index < -0.39 is 0 Å². The number of hydrogen-bond donors (Lipinski definition) is 0. The second-order valence-electron chi connectivity index (χ2n) is 12.0. The number of carbonyl (C=O) groups is 1. The standard InChI is InChI=1S/C29H36N2O2/c1-18-5-8-21(9-6-18)31-26-16-25-23-10-7-20-15-22(33-19(2)32)11-13-27(20,3)24(23)12-14-28(25,4)29(26,31)17-30/h5-9,22-26H,10-16H2,1-4H3/t22-,23+,24-,25-,26+,27-,28-,29+,31?/m0/s1. The summed E-state index contributed by atoms with van der Waals surface area (Å²) < 4.78 is 5.59. The number of hydrogen-bond acceptors (Lipinski definition) is 4. The summed E-state index contributed by atoms with van der Waals surface area (Å²) in [6.07, 6.45) is 10.2. The number of piperidine rings is 1. The van der Waals surface area contributed by atoms with Crippen LogP contribution >= 0.6 is 0 Å². The molecule has 0 radical (unpaired) electrons. The van der Waals surface area contributed by atoms with E-state index in [9.17, 15) is 10.1 Å². The van der Waals surface area contributed by atoms with E-state index in [4.69, 9.17) is 4.74 Å². The van der Waals surface area contributed by atoms with Crippen molar-refractivity contribution in [2.45, 2.75) is 90.3 Å². The molecule has 0 unspecified atom stereocenters. The number of benzene rings is 1. The zero-order valence-corrected chi connectivity index (χ0v) is 20.4. The summed E-state index contributed by atoms with van der Waals surface area (Å²) in [7, 11) is 0. The summed E-state index contributed by atoms with van der Waals surface area (Å²) in [5, 5.41) is 10.5. The molecule has 0 N–H and O–H groups in total. The van der Waals surface area contributed by atoms with Crippen LogP contribution in [0.1, 0.15) is 71.3 Å². The number of esters is 1. The van der Waals surface area contributed by atoms with Crippen molar-refractivity contribution in [2.24, 2.45) is 28.6 Å². The third-order valence-electron chi connectivity index (χ3n) is 10.7. The predicted octanol–water partition coefficient (Wildman–Crippen LogP) is 5.95. The summed E-state index contributed by atoms with van der Waals surface area (Å²) in [5.41, 5.74) is 3.96. The lowest BCUT2D eigenvalue weighted by Gasteiger charge is -2.58. The highest BCUT2D eigenvalue weighted by Crippen LogP contribution is 2.74. The normalized spacial score (nSPS) is 45.0. The highest BCUT2D eigenvalue weighted by atomic mass is 16.5. The molecule has 1 aromatic rings. The number of allylic oxidation sites excluding steroid dienone is 1. The van der Waals surface area contributed by atoms with Crippen molar-refractivity contribution in [2.75, 3.05) is 4.90 Å². The van der Waals surface area contributed by atoms with Gasteiger partial charge < -0.3 is 9.64 Å². The molecule has 1 aliphatic heterocycles. The smallest absolute Gasteiger partial charge is 0.302 e. The lowest BCUT2D eigenvalue weighted by molar-refractivity contribution is -0.148. The molecule has 8 atom stereocenters. The van der Waals surface area contributed by atoms with E-state index in [1.165, 1.54) is 30.2 Å². The molecule has 6 rings (SSSR count). The highest BCUT2D eigenvalue weighted by molar-refractivity contribution is 5.69. The van der Waals surface area contributed by atoms with Gasteiger partial charge in [0.15, 0.2) is 5.54 Å². The van der Waals surface area contributed by atoms with Crippen LogP contribution in [0.2, 0.25) is 0 Å². The quantitative estimate of drug-likeness (QED) is 0.321. The van der Waals surface area contributed by atoms with Crippen molar-refractivity contribution in [3.8, 4) is 6.07 Å². The van der Waals surface area contributed by atoms with Gasteiger partial charge in [0.2, 0.25) is 0 Å². The fourth-order valence-electron chi connectivity index (χ4n) is 9.06. The molecular weight excluding hydrogens is 408 g/mol. The Morgan fingerprint density at radius 1 is 1.15 bits per heavy atom. The maximum Gasteiger partial charge on any atom is 0.302 e. The molecule has 4 aliphatic carbocycles. The van der Waals surface area contributed by atoms with E-state index in [-0.39, 0.29) is 28.4 Å². The van der Waals surface area contributed by atoms with Gasteiger partial charge in [0.25, 0.3) is 0 Å². The summed E-state index contributed by atoms with van der Waals surface area (Å²) in [6.45, 7) is 8.56. The fraction of sp³-hybridized carbons (Fsp3) is 0.655. The Balaban J connectivity index is 1.28. The van der Waals surface area contributed by atoms with Crippen molar-refractivity contribution >= 4 is 11.7 Å². The highest BCUT2D eigenvalue weighted by Gasteiger charge is 2.80. The van der Waals surface area contributed by atoms with Gasteiger partial charge in [-0.05, 0) is 80.8 Å². The Bertz CT molecular complexity index is 1070. The number of anilines is 1. The van der Waals surface area contributed by atoms with Crippen LogP contribution < -0.4 is 4.90 Å². The van der Waals surface area contributed by atoms with E-state index in [1.54, 1.807) is 0 Å². The molecule has 0 aromatic heterocycles. The summed E-state index contributed by atoms with van der Waals surface area (Å²) >= 11 is 0. The van der Waals surface area contributed by atoms with E-state index in [0.717, 1.165) is 38.5 Å². The number of nitriles is 1. The monoisotopic (exact) mass is 444 g/mol. The molecule has 0 bridgehead atoms. The number of rotatable bonds is 2. The number of carbonyl (C=O) groups excluding carboxylic acids is 1. The van der Waals surface area contributed by atoms with E-state index in [0.29, 0.717) is 23.8 Å². The molecule has 4 fully saturated rings. The molecule has 0 amide bonds. The topological polar surface area (TPSA) is 53.1 Å². The second kappa shape index (κ2) is 6.87. The first-order valence-corrected chi connectivity index (χ1v) is 12.9. The molecule has 5 aliphatic rings. The lowest BCUT2D eigenvalue weighted by Crippen LogP contribution is -2.54. The molecule has 4 heteroatoms. The number of fused-ring (bicyclic) bond motifs is 7. The Morgan fingerprint density at radius 2 is 1.91 bits per heavy atom. The van der Waals surface area contributed by atoms with Crippen LogP contribution in [0.15, 0.2) is 35.9 Å². The molecule has 3 saturated carbocycles. The van der Waals surface area contributed by atoms with Gasteiger partial charge in [-0.1, -0.05) is 43.2 Å². The number of ether oxygens (including phenoxy) is 1. The van der Waals surface area contributed by atoms with Crippen LogP contribution in [-0.2, 0) is 9.53 Å². The van der Waals surface area contributed by atoms with Gasteiger partial charge in [0, 0.05) is 24.4 Å². The zero-order chi connectivity index (χ0) is 23.2. The SMILES string of the molecule is CC(=O)O[C@H]1CC[C@@]2(C)C(=CC[C@@H]3[C@@H]2CC[C@@]2(C)[C@H]3C[C@H]3N(c4ccc(C)cc4)[C@]32C#N)C1. The average molecular weight is 445 g/mol. The minimum atomic E-state index is -0.338. The Hall–Kier alpha value is -2.28. The first kappa shape index (κ1) is 21.3. The third kappa shape index (κ3) is 2.66. The second-order valence-corrected chi connectivity index (χ2v) is 12.0. The van der Waals surface area contributed by atoms with Crippen molar-refractivity contribution in [1.29, 1.82) is 5.26 Å². The molecule has 1 heterocycles. The zero-order valence-electron chi connectivity index (χ0n) is 20.4. The van der Waals surface area contributed by atoms with Gasteiger partial charge in [-0.25, -0.2) is 0 Å². The van der Waals surface area contributed by atoms with Gasteiger partial charge in [-0.3, -0.25) is 4.79 Å². The Labute approximate surface area is 198 Å². The molecule has 174 valence electrons. The van der Waals surface area contributed by atoms with Crippen LogP contribution in [0.5, 0.6) is 0 Å². The van der Waals surface area contributed by atoms with E-state index >= 15 is 0 Å². The van der Waals surface area contributed by atoms with Crippen LogP contribution in [-0.4, -0.2) is 23.7 Å². The van der Waals surface area contributed by atoms with Crippen LogP contribution in [0.4, 0.5) is 5.69 Å². The Morgan fingerprint density at radius 3 is 2.61 bits per heavy atom. The largest absolute Gasteiger partial charge is 0.462 e. The first-order chi connectivity index (χ1) is 15.7. The van der Waals surface area contributed by atoms with Gasteiger partial charge in [0.05, 0.1) is 12.1 Å². The van der Waals surface area contributed by atoms with Gasteiger partial charge in [0.1, 0.15) is 6.10 Å². The number of nitrogens with zero attached hydrogens (tertiary/aromatic N) is 2. The predicted molar refractivity (Wildman–Crippen MR) is 128 cm³/mol. The number of aryl methyl sites for hydroxylation is 1. The van der Waals surface area contributed by atoms with Crippen LogP contribution in [0, 0.1) is 46.8 Å². The van der Waals surface area contributed by atoms with Crippen molar-refractivity contribution < 1.29 is 9.53 Å². The Kier molecular flexibility index (Phi) is 4.43. The molecule has 1 saturated heterocycles. The van der Waals surface area contributed by atoms with Crippen molar-refractivity contribution in [1.82, 2.24) is 0 Å². The summed E-state index contributed by atoms with van der Waals surface area (Å²) in [4.78, 5) is 14.0. The van der Waals surface area contributed by atoms with Gasteiger partial charge in [-0.15, -0.1) is 0 Å². The summed E-state index contributed by atoms with van der Waals surface area (Å²) in [5.74, 6) is 1.82. The average Bonchev–Trinajstić information content (AvgIpc) is 3.36. The molecular formula is C29H36N2O2. The molecule has 4 nitrogen and oxygen atoms in total. The fourth-order valence-corrected chi connectivity index (χ4v) is 9.06. The summed E-state index contributed by atoms with van der Waals surface area (Å²) in [6, 6.07) is 12.0. The maximum absolute atomic E-state index is 11.5. The maximum atomic E-state index is 11.5. The first-order valence-electron chi connectivity index (χ1n) is 12.9.